The van der Waals surface area contributed by atoms with E-state index in [9.17, 15) is 22.8 Å². The van der Waals surface area contributed by atoms with Crippen LogP contribution < -0.4 is 4.74 Å². The van der Waals surface area contributed by atoms with E-state index >= 15 is 0 Å². The summed E-state index contributed by atoms with van der Waals surface area (Å²) in [5, 5.41) is -0.175. The Labute approximate surface area is 198 Å². The lowest BCUT2D eigenvalue weighted by Gasteiger charge is -2.19. The molecule has 1 aromatic heterocycles. The highest BCUT2D eigenvalue weighted by Gasteiger charge is 2.34. The van der Waals surface area contributed by atoms with Gasteiger partial charge in [0.05, 0.1) is 16.1 Å². The van der Waals surface area contributed by atoms with Crippen LogP contribution in [0.4, 0.5) is 13.2 Å². The molecule has 1 heterocycles. The second-order valence-electron chi connectivity index (χ2n) is 8.42. The molecule has 0 bridgehead atoms. The molecule has 3 rings (SSSR count). The summed E-state index contributed by atoms with van der Waals surface area (Å²) in [6.07, 6.45) is -4.94. The topological polar surface area (TPSA) is 57.5 Å². The van der Waals surface area contributed by atoms with Crippen LogP contribution in [0.25, 0.3) is 10.9 Å². The Bertz CT molecular complexity index is 1270. The lowest BCUT2D eigenvalue weighted by molar-refractivity contribution is -0.274. The van der Waals surface area contributed by atoms with Crippen molar-refractivity contribution in [3.05, 3.63) is 62.8 Å². The van der Waals surface area contributed by atoms with Crippen LogP contribution >= 0.6 is 23.2 Å². The highest BCUT2D eigenvalue weighted by atomic mass is 35.5. The summed E-state index contributed by atoms with van der Waals surface area (Å²) in [4.78, 5) is 25.8. The SMILES string of the molecule is Cc1c(Cl)n(C(=O)c2cccc(C(=O)OC(C)(C)C)c2)c2c(C)cc(OC(F)(F)F)c(Cl)c12. The number of fused-ring (bicyclic) bond motifs is 1. The zero-order valence-corrected chi connectivity index (χ0v) is 19.9. The van der Waals surface area contributed by atoms with Crippen LogP contribution in [0, 0.1) is 13.8 Å². The number of carbonyl (C=O) groups is 2. The lowest BCUT2D eigenvalue weighted by Crippen LogP contribution is -2.24. The molecule has 3 aromatic rings. The fraction of sp³-hybridized carbons (Fsp3) is 0.304. The van der Waals surface area contributed by atoms with Gasteiger partial charge in [-0.1, -0.05) is 29.3 Å². The number of carbonyl (C=O) groups excluding carboxylic acids is 2. The number of ether oxygens (including phenoxy) is 2. The Kier molecular flexibility index (Phi) is 6.47. The fourth-order valence-electron chi connectivity index (χ4n) is 3.39. The Morgan fingerprint density at radius 3 is 2.18 bits per heavy atom. The van der Waals surface area contributed by atoms with Gasteiger partial charge in [0.15, 0.2) is 0 Å². The van der Waals surface area contributed by atoms with Crippen molar-refractivity contribution in [2.45, 2.75) is 46.6 Å². The number of hydrogen-bond donors (Lipinski definition) is 0. The molecule has 176 valence electrons. The smallest absolute Gasteiger partial charge is 0.456 e. The number of aromatic nitrogens is 1. The van der Waals surface area contributed by atoms with Gasteiger partial charge in [0.25, 0.3) is 5.91 Å². The highest BCUT2D eigenvalue weighted by molar-refractivity contribution is 6.40. The minimum absolute atomic E-state index is 0.0215. The number of benzene rings is 2. The molecule has 0 spiro atoms. The molecule has 2 aromatic carbocycles. The summed E-state index contributed by atoms with van der Waals surface area (Å²) in [6, 6.07) is 6.98. The van der Waals surface area contributed by atoms with E-state index in [1.807, 2.05) is 0 Å². The fourth-order valence-corrected chi connectivity index (χ4v) is 3.97. The maximum Gasteiger partial charge on any atom is 0.573 e. The van der Waals surface area contributed by atoms with E-state index in [2.05, 4.69) is 4.74 Å². The van der Waals surface area contributed by atoms with Gasteiger partial charge >= 0.3 is 12.3 Å². The van der Waals surface area contributed by atoms with Gasteiger partial charge in [0, 0.05) is 10.9 Å². The van der Waals surface area contributed by atoms with Gasteiger partial charge in [-0.3, -0.25) is 9.36 Å². The molecular weight excluding hydrogens is 482 g/mol. The highest BCUT2D eigenvalue weighted by Crippen LogP contribution is 2.43. The first kappa shape index (κ1) is 24.9. The molecule has 0 radical (unpaired) electrons. The Morgan fingerprint density at radius 1 is 1.00 bits per heavy atom. The van der Waals surface area contributed by atoms with Gasteiger partial charge in [-0.15, -0.1) is 13.2 Å². The Morgan fingerprint density at radius 2 is 1.61 bits per heavy atom. The maximum atomic E-state index is 13.4. The van der Waals surface area contributed by atoms with Crippen molar-refractivity contribution >= 4 is 46.0 Å². The summed E-state index contributed by atoms with van der Waals surface area (Å²) >= 11 is 12.6. The zero-order chi connectivity index (χ0) is 24.9. The Balaban J connectivity index is 2.14. The van der Waals surface area contributed by atoms with Crippen molar-refractivity contribution in [1.29, 1.82) is 0 Å². The normalized spacial score (nSPS) is 12.2. The Hall–Kier alpha value is -2.71. The van der Waals surface area contributed by atoms with E-state index in [1.54, 1.807) is 20.8 Å². The third kappa shape index (κ3) is 5.12. The molecule has 0 fully saturated rings. The maximum absolute atomic E-state index is 13.4. The van der Waals surface area contributed by atoms with Crippen LogP contribution in [0.15, 0.2) is 30.3 Å². The van der Waals surface area contributed by atoms with Crippen molar-refractivity contribution < 1.29 is 32.2 Å². The molecule has 33 heavy (non-hydrogen) atoms. The molecule has 0 aliphatic rings. The summed E-state index contributed by atoms with van der Waals surface area (Å²) < 4.78 is 48.9. The van der Waals surface area contributed by atoms with Gasteiger partial charge in [0.2, 0.25) is 0 Å². The number of aryl methyl sites for hydroxylation is 2. The van der Waals surface area contributed by atoms with E-state index in [1.165, 1.54) is 38.1 Å². The number of esters is 1. The van der Waals surface area contributed by atoms with Crippen LogP contribution in [0.5, 0.6) is 5.75 Å². The molecular formula is C23H20Cl2F3NO4. The van der Waals surface area contributed by atoms with Crippen LogP contribution in [-0.4, -0.2) is 28.4 Å². The largest absolute Gasteiger partial charge is 0.573 e. The van der Waals surface area contributed by atoms with Crippen LogP contribution in [0.2, 0.25) is 10.2 Å². The van der Waals surface area contributed by atoms with E-state index < -0.39 is 29.6 Å². The molecule has 5 nitrogen and oxygen atoms in total. The quantitative estimate of drug-likeness (QED) is 0.359. The standard InChI is InChI=1S/C23H20Cl2F3NO4/c1-11-9-15(32-23(26,27)28)17(24)16-12(2)19(25)29(18(11)16)20(30)13-7-6-8-14(10-13)21(31)33-22(3,4)5/h6-10H,1-5H3. The summed E-state index contributed by atoms with van der Waals surface area (Å²) in [7, 11) is 0. The molecule has 0 aliphatic heterocycles. The van der Waals surface area contributed by atoms with Crippen molar-refractivity contribution in [1.82, 2.24) is 4.57 Å². The third-order valence-corrected chi connectivity index (χ3v) is 5.50. The van der Waals surface area contributed by atoms with Gasteiger partial charge in [-0.05, 0) is 70.0 Å². The molecule has 0 atom stereocenters. The molecule has 0 saturated carbocycles. The minimum atomic E-state index is -4.94. The number of hydrogen-bond acceptors (Lipinski definition) is 4. The first-order valence-corrected chi connectivity index (χ1v) is 10.5. The monoisotopic (exact) mass is 501 g/mol. The minimum Gasteiger partial charge on any atom is -0.456 e. The third-order valence-electron chi connectivity index (χ3n) is 4.67. The second kappa shape index (κ2) is 8.57. The molecule has 0 unspecified atom stereocenters. The number of alkyl halides is 3. The van der Waals surface area contributed by atoms with E-state index in [4.69, 9.17) is 27.9 Å². The zero-order valence-electron chi connectivity index (χ0n) is 18.4. The van der Waals surface area contributed by atoms with E-state index in [0.717, 1.165) is 10.6 Å². The van der Waals surface area contributed by atoms with Gasteiger partial charge in [0.1, 0.15) is 16.5 Å². The molecule has 0 saturated heterocycles. The van der Waals surface area contributed by atoms with Gasteiger partial charge in [-0.25, -0.2) is 4.79 Å². The van der Waals surface area contributed by atoms with Crippen LogP contribution in [0.1, 0.15) is 52.6 Å². The number of nitrogens with zero attached hydrogens (tertiary/aromatic N) is 1. The first-order chi connectivity index (χ1) is 15.1. The number of rotatable bonds is 3. The summed E-state index contributed by atoms with van der Waals surface area (Å²) in [5.41, 5.74) is 0.408. The second-order valence-corrected chi connectivity index (χ2v) is 9.15. The molecule has 0 amide bonds. The van der Waals surface area contributed by atoms with E-state index in [-0.39, 0.29) is 32.2 Å². The predicted molar refractivity (Wildman–Crippen MR) is 119 cm³/mol. The van der Waals surface area contributed by atoms with Crippen molar-refractivity contribution in [3.63, 3.8) is 0 Å². The first-order valence-electron chi connectivity index (χ1n) is 9.74. The summed E-state index contributed by atoms with van der Waals surface area (Å²) in [6.45, 7) is 8.21. The van der Waals surface area contributed by atoms with Crippen LogP contribution in [0.3, 0.4) is 0 Å². The molecule has 10 heteroatoms. The predicted octanol–water partition coefficient (Wildman–Crippen LogP) is 7.11. The van der Waals surface area contributed by atoms with Crippen molar-refractivity contribution in [2.24, 2.45) is 0 Å². The average Bonchev–Trinajstić information content (AvgIpc) is 2.95. The van der Waals surface area contributed by atoms with Gasteiger partial charge < -0.3 is 9.47 Å². The summed E-state index contributed by atoms with van der Waals surface area (Å²) in [5.74, 6) is -1.79. The molecule has 0 N–H and O–H groups in total. The lowest BCUT2D eigenvalue weighted by atomic mass is 10.1. The van der Waals surface area contributed by atoms with Crippen molar-refractivity contribution in [3.8, 4) is 5.75 Å². The van der Waals surface area contributed by atoms with Crippen molar-refractivity contribution in [2.75, 3.05) is 0 Å². The molecule has 0 aliphatic carbocycles. The van der Waals surface area contributed by atoms with Crippen LogP contribution in [-0.2, 0) is 4.74 Å². The number of halogens is 5. The average molecular weight is 502 g/mol. The van der Waals surface area contributed by atoms with Gasteiger partial charge in [-0.2, -0.15) is 0 Å². The van der Waals surface area contributed by atoms with E-state index in [0.29, 0.717) is 11.1 Å².